The van der Waals surface area contributed by atoms with E-state index in [4.69, 9.17) is 33.7 Å². The topological polar surface area (TPSA) is 79.7 Å². The van der Waals surface area contributed by atoms with Gasteiger partial charge in [-0.15, -0.1) is 0 Å². The third-order valence-corrected chi connectivity index (χ3v) is 6.46. The van der Waals surface area contributed by atoms with E-state index in [2.05, 4.69) is 4.98 Å². The van der Waals surface area contributed by atoms with Gasteiger partial charge in [-0.1, -0.05) is 59.8 Å². The number of amides is 1. The highest BCUT2D eigenvalue weighted by Crippen LogP contribution is 2.35. The lowest BCUT2D eigenvalue weighted by Crippen LogP contribution is -2.27. The molecule has 0 atom stereocenters. The van der Waals surface area contributed by atoms with Crippen molar-refractivity contribution in [3.05, 3.63) is 99.2 Å². The molecular weight excluding hydrogens is 480 g/mol. The minimum Gasteiger partial charge on any atom is -0.487 e. The summed E-state index contributed by atoms with van der Waals surface area (Å²) in [5.74, 6) is -0.648. The van der Waals surface area contributed by atoms with Crippen LogP contribution in [0.1, 0.15) is 27.0 Å². The van der Waals surface area contributed by atoms with Crippen LogP contribution in [-0.2, 0) is 17.9 Å². The molecular formula is C24H17ClN2O4S2. The number of aromatic carboxylic acids is 1. The number of carboxylic acid groups (broad SMARTS) is 1. The highest BCUT2D eigenvalue weighted by molar-refractivity contribution is 8.26. The first-order valence-corrected chi connectivity index (χ1v) is 11.4. The molecule has 33 heavy (non-hydrogen) atoms. The van der Waals surface area contributed by atoms with Crippen LogP contribution in [0.4, 0.5) is 0 Å². The lowest BCUT2D eigenvalue weighted by atomic mass is 10.1. The second-order valence-electron chi connectivity index (χ2n) is 7.11. The number of hydrogen-bond donors (Lipinski definition) is 1. The second kappa shape index (κ2) is 10.2. The molecule has 166 valence electrons. The second-order valence-corrected chi connectivity index (χ2v) is 9.19. The van der Waals surface area contributed by atoms with Gasteiger partial charge in [0, 0.05) is 12.4 Å². The van der Waals surface area contributed by atoms with Crippen molar-refractivity contribution in [2.24, 2.45) is 0 Å². The summed E-state index contributed by atoms with van der Waals surface area (Å²) in [4.78, 5) is 29.9. The minimum absolute atomic E-state index is 0.157. The number of benzene rings is 2. The number of carboxylic acids is 1. The number of ether oxygens (including phenoxy) is 1. The SMILES string of the molecule is O=C(O)c1ccc(COc2ccc(C=C3SC(=S)N(Cc4cccnc4)C3=O)cc2Cl)cc1. The van der Waals surface area contributed by atoms with Gasteiger partial charge in [0.15, 0.2) is 0 Å². The average molecular weight is 497 g/mol. The highest BCUT2D eigenvalue weighted by atomic mass is 35.5. The summed E-state index contributed by atoms with van der Waals surface area (Å²) in [7, 11) is 0. The Balaban J connectivity index is 1.42. The molecule has 2 heterocycles. The van der Waals surface area contributed by atoms with Crippen LogP contribution < -0.4 is 4.74 Å². The predicted octanol–water partition coefficient (Wildman–Crippen LogP) is 5.41. The number of carbonyl (C=O) groups is 2. The van der Waals surface area contributed by atoms with E-state index in [1.807, 2.05) is 18.2 Å². The molecule has 0 radical (unpaired) electrons. The molecule has 3 aromatic rings. The number of rotatable bonds is 7. The highest BCUT2D eigenvalue weighted by Gasteiger charge is 2.32. The Morgan fingerprint density at radius 3 is 2.64 bits per heavy atom. The molecule has 6 nitrogen and oxygen atoms in total. The van der Waals surface area contributed by atoms with E-state index < -0.39 is 5.97 Å². The maximum Gasteiger partial charge on any atom is 0.335 e. The molecule has 1 aromatic heterocycles. The zero-order valence-corrected chi connectivity index (χ0v) is 19.5. The molecule has 2 aromatic carbocycles. The van der Waals surface area contributed by atoms with Crippen LogP contribution in [0.2, 0.25) is 5.02 Å². The van der Waals surface area contributed by atoms with Crippen molar-refractivity contribution >= 4 is 57.9 Å². The van der Waals surface area contributed by atoms with Crippen molar-refractivity contribution in [3.63, 3.8) is 0 Å². The van der Waals surface area contributed by atoms with Crippen LogP contribution in [0.5, 0.6) is 5.75 Å². The van der Waals surface area contributed by atoms with E-state index in [9.17, 15) is 9.59 Å². The van der Waals surface area contributed by atoms with Gasteiger partial charge >= 0.3 is 5.97 Å². The Labute approximate surface area is 204 Å². The maximum absolute atomic E-state index is 12.8. The summed E-state index contributed by atoms with van der Waals surface area (Å²) in [6.07, 6.45) is 5.14. The fraction of sp³-hybridized carbons (Fsp3) is 0.0833. The van der Waals surface area contributed by atoms with E-state index >= 15 is 0 Å². The molecule has 0 saturated carbocycles. The van der Waals surface area contributed by atoms with Crippen molar-refractivity contribution in [1.82, 2.24) is 9.88 Å². The Bertz CT molecular complexity index is 1250. The lowest BCUT2D eigenvalue weighted by molar-refractivity contribution is -0.122. The van der Waals surface area contributed by atoms with Crippen LogP contribution in [0.3, 0.4) is 0 Å². The van der Waals surface area contributed by atoms with E-state index in [1.165, 1.54) is 23.9 Å². The quantitative estimate of drug-likeness (QED) is 0.346. The number of thioether (sulfide) groups is 1. The molecule has 4 rings (SSSR count). The minimum atomic E-state index is -0.977. The Hall–Kier alpha value is -3.20. The molecule has 0 aliphatic carbocycles. The molecule has 9 heteroatoms. The van der Waals surface area contributed by atoms with Crippen molar-refractivity contribution in [2.75, 3.05) is 0 Å². The van der Waals surface area contributed by atoms with Gasteiger partial charge < -0.3 is 9.84 Å². The molecule has 1 fully saturated rings. The van der Waals surface area contributed by atoms with Crippen LogP contribution in [0, 0.1) is 0 Å². The first-order valence-electron chi connectivity index (χ1n) is 9.79. The summed E-state index contributed by atoms with van der Waals surface area (Å²) in [6, 6.07) is 15.4. The monoisotopic (exact) mass is 496 g/mol. The van der Waals surface area contributed by atoms with E-state index in [-0.39, 0.29) is 18.1 Å². The number of aromatic nitrogens is 1. The van der Waals surface area contributed by atoms with Gasteiger partial charge in [-0.2, -0.15) is 0 Å². The molecule has 1 N–H and O–H groups in total. The number of carbonyl (C=O) groups excluding carboxylic acids is 1. The first-order chi connectivity index (χ1) is 15.9. The van der Waals surface area contributed by atoms with Crippen LogP contribution in [-0.4, -0.2) is 31.2 Å². The van der Waals surface area contributed by atoms with Gasteiger partial charge in [0.1, 0.15) is 16.7 Å². The maximum atomic E-state index is 12.8. The Morgan fingerprint density at radius 2 is 1.97 bits per heavy atom. The van der Waals surface area contributed by atoms with Crippen molar-refractivity contribution in [1.29, 1.82) is 0 Å². The number of pyridine rings is 1. The van der Waals surface area contributed by atoms with Crippen molar-refractivity contribution < 1.29 is 19.4 Å². The summed E-state index contributed by atoms with van der Waals surface area (Å²) >= 11 is 13.0. The summed E-state index contributed by atoms with van der Waals surface area (Å²) in [5.41, 5.74) is 2.68. The first kappa shape index (κ1) is 23.0. The van der Waals surface area contributed by atoms with Crippen molar-refractivity contribution in [3.8, 4) is 5.75 Å². The number of halogens is 1. The van der Waals surface area contributed by atoms with Gasteiger partial charge in [-0.05, 0) is 53.1 Å². The van der Waals surface area contributed by atoms with Gasteiger partial charge in [0.05, 0.1) is 22.0 Å². The molecule has 0 spiro atoms. The van der Waals surface area contributed by atoms with Crippen LogP contribution in [0.25, 0.3) is 6.08 Å². The zero-order valence-electron chi connectivity index (χ0n) is 17.1. The molecule has 1 saturated heterocycles. The number of nitrogens with zero attached hydrogens (tertiary/aromatic N) is 2. The Morgan fingerprint density at radius 1 is 1.18 bits per heavy atom. The predicted molar refractivity (Wildman–Crippen MR) is 132 cm³/mol. The van der Waals surface area contributed by atoms with Crippen molar-refractivity contribution in [2.45, 2.75) is 13.2 Å². The van der Waals surface area contributed by atoms with E-state index in [0.29, 0.717) is 26.5 Å². The fourth-order valence-corrected chi connectivity index (χ4v) is 4.59. The van der Waals surface area contributed by atoms with E-state index in [0.717, 1.165) is 16.7 Å². The third-order valence-electron chi connectivity index (χ3n) is 4.79. The molecule has 0 unspecified atom stereocenters. The largest absolute Gasteiger partial charge is 0.487 e. The van der Waals surface area contributed by atoms with Gasteiger partial charge in [-0.3, -0.25) is 14.7 Å². The normalized spacial score (nSPS) is 14.7. The number of hydrogen-bond acceptors (Lipinski definition) is 6. The molecule has 0 bridgehead atoms. The van der Waals surface area contributed by atoms with Crippen LogP contribution in [0.15, 0.2) is 71.9 Å². The standard InChI is InChI=1S/C24H17ClN2O4S2/c25-19-10-16(5-8-20(19)31-14-15-3-6-18(7-4-15)23(29)30)11-21-22(28)27(24(32)33-21)13-17-2-1-9-26-12-17/h1-12H,13-14H2,(H,29,30). The summed E-state index contributed by atoms with van der Waals surface area (Å²) in [5, 5.41) is 9.37. The van der Waals surface area contributed by atoms with Gasteiger partial charge in [0.2, 0.25) is 0 Å². The zero-order chi connectivity index (χ0) is 23.4. The molecule has 1 aliphatic heterocycles. The average Bonchev–Trinajstić information content (AvgIpc) is 3.07. The smallest absolute Gasteiger partial charge is 0.335 e. The number of thiocarbonyl (C=S) groups is 1. The molecule has 1 aliphatic rings. The fourth-order valence-electron chi connectivity index (χ4n) is 3.09. The summed E-state index contributed by atoms with van der Waals surface area (Å²) in [6.45, 7) is 0.614. The lowest BCUT2D eigenvalue weighted by Gasteiger charge is -2.13. The van der Waals surface area contributed by atoms with Gasteiger partial charge in [0.25, 0.3) is 5.91 Å². The summed E-state index contributed by atoms with van der Waals surface area (Å²) < 4.78 is 6.26. The van der Waals surface area contributed by atoms with Gasteiger partial charge in [-0.25, -0.2) is 4.79 Å². The molecule has 1 amide bonds. The van der Waals surface area contributed by atoms with E-state index in [1.54, 1.807) is 47.6 Å². The van der Waals surface area contributed by atoms with Crippen LogP contribution >= 0.6 is 35.6 Å². The third kappa shape index (κ3) is 5.60. The Kier molecular flexibility index (Phi) is 7.08.